The van der Waals surface area contributed by atoms with Gasteiger partial charge >= 0.3 is 5.97 Å². The van der Waals surface area contributed by atoms with E-state index in [0.717, 1.165) is 17.5 Å². The summed E-state index contributed by atoms with van der Waals surface area (Å²) in [7, 11) is 0. The van der Waals surface area contributed by atoms with Gasteiger partial charge in [-0.05, 0) is 18.9 Å². The number of carboxylic acids is 1. The van der Waals surface area contributed by atoms with Crippen LogP contribution in [-0.2, 0) is 4.79 Å². The van der Waals surface area contributed by atoms with Crippen LogP contribution in [0.5, 0.6) is 0 Å². The van der Waals surface area contributed by atoms with Crippen molar-refractivity contribution in [3.8, 4) is 11.1 Å². The maximum Gasteiger partial charge on any atom is 0.339 e. The van der Waals surface area contributed by atoms with Crippen LogP contribution in [0.2, 0.25) is 0 Å². The average Bonchev–Trinajstić information content (AvgIpc) is 2.83. The SMILES string of the molecule is CCCC(=O)Nc1scc(-c2ccc(C)cc2)c1C(=O)O. The van der Waals surface area contributed by atoms with E-state index in [1.165, 1.54) is 11.3 Å². The average molecular weight is 303 g/mol. The molecule has 0 aliphatic heterocycles. The van der Waals surface area contributed by atoms with Crippen molar-refractivity contribution in [2.75, 3.05) is 5.32 Å². The Morgan fingerprint density at radius 1 is 1.24 bits per heavy atom. The molecule has 2 aromatic rings. The minimum Gasteiger partial charge on any atom is -0.478 e. The van der Waals surface area contributed by atoms with Crippen molar-refractivity contribution in [1.82, 2.24) is 0 Å². The number of thiophene rings is 1. The van der Waals surface area contributed by atoms with E-state index >= 15 is 0 Å². The molecule has 0 atom stereocenters. The number of carbonyl (C=O) groups excluding carboxylic acids is 1. The normalized spacial score (nSPS) is 10.4. The molecule has 0 radical (unpaired) electrons. The minimum atomic E-state index is -1.03. The van der Waals surface area contributed by atoms with Crippen LogP contribution in [0.3, 0.4) is 0 Å². The van der Waals surface area contributed by atoms with Gasteiger partial charge in [0.15, 0.2) is 0 Å². The summed E-state index contributed by atoms with van der Waals surface area (Å²) in [5, 5.41) is 14.3. The highest BCUT2D eigenvalue weighted by atomic mass is 32.1. The van der Waals surface area contributed by atoms with Crippen LogP contribution < -0.4 is 5.32 Å². The summed E-state index contributed by atoms with van der Waals surface area (Å²) in [4.78, 5) is 23.2. The van der Waals surface area contributed by atoms with Gasteiger partial charge in [0.25, 0.3) is 0 Å². The van der Waals surface area contributed by atoms with Crippen LogP contribution in [0.25, 0.3) is 11.1 Å². The first-order valence-corrected chi connectivity index (χ1v) is 7.62. The molecule has 0 spiro atoms. The lowest BCUT2D eigenvalue weighted by Crippen LogP contribution is -2.12. The van der Waals surface area contributed by atoms with Crippen molar-refractivity contribution < 1.29 is 14.7 Å². The summed E-state index contributed by atoms with van der Waals surface area (Å²) in [6.07, 6.45) is 1.11. The largest absolute Gasteiger partial charge is 0.478 e. The summed E-state index contributed by atoms with van der Waals surface area (Å²) in [6.45, 7) is 3.88. The summed E-state index contributed by atoms with van der Waals surface area (Å²) < 4.78 is 0. The second kappa shape index (κ2) is 6.54. The molecule has 110 valence electrons. The highest BCUT2D eigenvalue weighted by molar-refractivity contribution is 7.15. The summed E-state index contributed by atoms with van der Waals surface area (Å²) >= 11 is 1.24. The predicted octanol–water partition coefficient (Wildman–Crippen LogP) is 4.16. The molecule has 0 aliphatic rings. The summed E-state index contributed by atoms with van der Waals surface area (Å²) in [5.41, 5.74) is 2.75. The van der Waals surface area contributed by atoms with Crippen molar-refractivity contribution >= 4 is 28.2 Å². The molecule has 2 N–H and O–H groups in total. The van der Waals surface area contributed by atoms with Gasteiger partial charge in [-0.1, -0.05) is 36.8 Å². The van der Waals surface area contributed by atoms with Crippen LogP contribution in [0, 0.1) is 6.92 Å². The van der Waals surface area contributed by atoms with Gasteiger partial charge in [-0.3, -0.25) is 4.79 Å². The number of nitrogens with one attached hydrogen (secondary N) is 1. The highest BCUT2D eigenvalue weighted by Crippen LogP contribution is 2.35. The van der Waals surface area contributed by atoms with Crippen LogP contribution >= 0.6 is 11.3 Å². The molecule has 0 bridgehead atoms. The van der Waals surface area contributed by atoms with Crippen LogP contribution in [-0.4, -0.2) is 17.0 Å². The maximum atomic E-state index is 11.7. The third-order valence-corrected chi connectivity index (χ3v) is 3.99. The molecule has 21 heavy (non-hydrogen) atoms. The number of hydrogen-bond acceptors (Lipinski definition) is 3. The molecule has 2 rings (SSSR count). The Labute approximate surface area is 127 Å². The Balaban J connectivity index is 2.39. The third-order valence-electron chi connectivity index (χ3n) is 3.10. The molecule has 0 unspecified atom stereocenters. The number of aryl methyl sites for hydroxylation is 1. The van der Waals surface area contributed by atoms with E-state index in [2.05, 4.69) is 5.32 Å². The number of carboxylic acid groups (broad SMARTS) is 1. The molecular weight excluding hydrogens is 286 g/mol. The smallest absolute Gasteiger partial charge is 0.339 e. The van der Waals surface area contributed by atoms with Crippen molar-refractivity contribution in [3.05, 3.63) is 40.8 Å². The van der Waals surface area contributed by atoms with Gasteiger partial charge in [-0.15, -0.1) is 11.3 Å². The van der Waals surface area contributed by atoms with Gasteiger partial charge in [0, 0.05) is 17.4 Å². The predicted molar refractivity (Wildman–Crippen MR) is 85.0 cm³/mol. The standard InChI is InChI=1S/C16H17NO3S/c1-3-4-13(18)17-15-14(16(19)20)12(9-21-15)11-7-5-10(2)6-8-11/h5-9H,3-4H2,1-2H3,(H,17,18)(H,19,20). The van der Waals surface area contributed by atoms with E-state index < -0.39 is 5.97 Å². The maximum absolute atomic E-state index is 11.7. The van der Waals surface area contributed by atoms with Crippen LogP contribution in [0.4, 0.5) is 5.00 Å². The fourth-order valence-electron chi connectivity index (χ4n) is 2.02. The Morgan fingerprint density at radius 3 is 2.48 bits per heavy atom. The monoisotopic (exact) mass is 303 g/mol. The lowest BCUT2D eigenvalue weighted by molar-refractivity contribution is -0.116. The van der Waals surface area contributed by atoms with E-state index in [-0.39, 0.29) is 11.5 Å². The van der Waals surface area contributed by atoms with Gasteiger partial charge < -0.3 is 10.4 Å². The number of anilines is 1. The fourth-order valence-corrected chi connectivity index (χ4v) is 3.00. The van der Waals surface area contributed by atoms with Crippen molar-refractivity contribution in [3.63, 3.8) is 0 Å². The van der Waals surface area contributed by atoms with Crippen molar-refractivity contribution in [2.24, 2.45) is 0 Å². The topological polar surface area (TPSA) is 66.4 Å². The summed E-state index contributed by atoms with van der Waals surface area (Å²) in [5.74, 6) is -1.18. The number of benzene rings is 1. The molecule has 1 aromatic heterocycles. The molecule has 0 aliphatic carbocycles. The highest BCUT2D eigenvalue weighted by Gasteiger charge is 2.20. The molecule has 0 saturated carbocycles. The Hall–Kier alpha value is -2.14. The van der Waals surface area contributed by atoms with E-state index in [9.17, 15) is 14.7 Å². The lowest BCUT2D eigenvalue weighted by Gasteiger charge is -2.05. The minimum absolute atomic E-state index is 0.155. The quantitative estimate of drug-likeness (QED) is 0.871. The van der Waals surface area contributed by atoms with Gasteiger partial charge in [0.05, 0.1) is 0 Å². The van der Waals surface area contributed by atoms with Gasteiger partial charge in [-0.25, -0.2) is 4.79 Å². The second-order valence-corrected chi connectivity index (χ2v) is 5.70. The van der Waals surface area contributed by atoms with E-state index in [1.807, 2.05) is 38.1 Å². The molecule has 0 saturated heterocycles. The molecule has 0 fully saturated rings. The molecular formula is C16H17NO3S. The number of rotatable bonds is 5. The van der Waals surface area contributed by atoms with Gasteiger partial charge in [0.1, 0.15) is 10.6 Å². The first-order chi connectivity index (χ1) is 10.0. The third kappa shape index (κ3) is 3.49. The number of aromatic carboxylic acids is 1. The van der Waals surface area contributed by atoms with Crippen LogP contribution in [0.1, 0.15) is 35.7 Å². The molecule has 4 nitrogen and oxygen atoms in total. The number of carbonyl (C=O) groups is 2. The van der Waals surface area contributed by atoms with Gasteiger partial charge in [0.2, 0.25) is 5.91 Å². The molecule has 1 aromatic carbocycles. The summed E-state index contributed by atoms with van der Waals surface area (Å²) in [6, 6.07) is 7.66. The zero-order valence-electron chi connectivity index (χ0n) is 12.0. The Bertz CT molecular complexity index is 659. The fraction of sp³-hybridized carbons (Fsp3) is 0.250. The number of hydrogen-bond donors (Lipinski definition) is 2. The first kappa shape index (κ1) is 15.3. The van der Waals surface area contributed by atoms with Crippen LogP contribution in [0.15, 0.2) is 29.6 Å². The van der Waals surface area contributed by atoms with Crippen molar-refractivity contribution in [1.29, 1.82) is 0 Å². The molecule has 1 heterocycles. The van der Waals surface area contributed by atoms with Crippen molar-refractivity contribution in [2.45, 2.75) is 26.7 Å². The first-order valence-electron chi connectivity index (χ1n) is 6.74. The Kier molecular flexibility index (Phi) is 4.75. The van der Waals surface area contributed by atoms with E-state index in [4.69, 9.17) is 0 Å². The number of amides is 1. The zero-order chi connectivity index (χ0) is 15.4. The lowest BCUT2D eigenvalue weighted by atomic mass is 10.0. The molecule has 5 heteroatoms. The second-order valence-electron chi connectivity index (χ2n) is 4.82. The molecule has 1 amide bonds. The zero-order valence-corrected chi connectivity index (χ0v) is 12.8. The Morgan fingerprint density at radius 2 is 1.90 bits per heavy atom. The van der Waals surface area contributed by atoms with E-state index in [1.54, 1.807) is 5.38 Å². The van der Waals surface area contributed by atoms with E-state index in [0.29, 0.717) is 17.0 Å². The van der Waals surface area contributed by atoms with Gasteiger partial charge in [-0.2, -0.15) is 0 Å².